The van der Waals surface area contributed by atoms with Gasteiger partial charge in [-0.05, 0) is 30.5 Å². The summed E-state index contributed by atoms with van der Waals surface area (Å²) < 4.78 is 5.11. The third kappa shape index (κ3) is 1.97. The van der Waals surface area contributed by atoms with Gasteiger partial charge in [0, 0.05) is 12.5 Å². The van der Waals surface area contributed by atoms with Crippen molar-refractivity contribution in [2.24, 2.45) is 11.1 Å². The highest BCUT2D eigenvalue weighted by atomic mass is 16.5. The maximum Gasteiger partial charge on any atom is 0.310 e. The van der Waals surface area contributed by atoms with Crippen LogP contribution in [0, 0.1) is 5.41 Å². The molecule has 0 bridgehead atoms. The van der Waals surface area contributed by atoms with Crippen LogP contribution in [-0.2, 0) is 4.79 Å². The van der Waals surface area contributed by atoms with Crippen LogP contribution in [0.15, 0.2) is 24.3 Å². The molecule has 1 atom stereocenters. The van der Waals surface area contributed by atoms with E-state index in [0.29, 0.717) is 6.54 Å². The molecule has 1 unspecified atom stereocenters. The summed E-state index contributed by atoms with van der Waals surface area (Å²) in [4.78, 5) is 11.5. The van der Waals surface area contributed by atoms with Crippen molar-refractivity contribution in [3.63, 3.8) is 0 Å². The Labute approximate surface area is 107 Å². The summed E-state index contributed by atoms with van der Waals surface area (Å²) in [6.07, 6.45) is 2.41. The highest BCUT2D eigenvalue weighted by molar-refractivity contribution is 5.77. The maximum absolute atomic E-state index is 11.5. The van der Waals surface area contributed by atoms with Crippen LogP contribution in [0.4, 0.5) is 0 Å². The summed E-state index contributed by atoms with van der Waals surface area (Å²) in [7, 11) is 1.61. The molecule has 0 amide bonds. The van der Waals surface area contributed by atoms with Gasteiger partial charge >= 0.3 is 5.97 Å². The van der Waals surface area contributed by atoms with E-state index in [1.54, 1.807) is 7.11 Å². The van der Waals surface area contributed by atoms with Crippen molar-refractivity contribution >= 4 is 5.97 Å². The van der Waals surface area contributed by atoms with E-state index in [2.05, 4.69) is 0 Å². The molecule has 1 aromatic rings. The molecule has 2 rings (SSSR count). The summed E-state index contributed by atoms with van der Waals surface area (Å²) in [6.45, 7) is 0.360. The zero-order valence-electron chi connectivity index (χ0n) is 10.6. The van der Waals surface area contributed by atoms with Crippen molar-refractivity contribution in [2.75, 3.05) is 13.7 Å². The maximum atomic E-state index is 11.5. The number of benzene rings is 1. The van der Waals surface area contributed by atoms with E-state index in [1.807, 2.05) is 24.3 Å². The van der Waals surface area contributed by atoms with Crippen molar-refractivity contribution in [3.8, 4) is 5.75 Å². The number of rotatable bonds is 5. The van der Waals surface area contributed by atoms with E-state index in [0.717, 1.165) is 30.6 Å². The lowest BCUT2D eigenvalue weighted by atomic mass is 9.59. The molecule has 0 aliphatic heterocycles. The number of carboxylic acids is 1. The largest absolute Gasteiger partial charge is 0.497 e. The quantitative estimate of drug-likeness (QED) is 0.837. The third-order valence-electron chi connectivity index (χ3n) is 4.09. The molecule has 4 heteroatoms. The number of hydrogen-bond donors (Lipinski definition) is 2. The fourth-order valence-electron chi connectivity index (χ4n) is 2.79. The predicted octanol–water partition coefficient (Wildman–Crippen LogP) is 1.99. The summed E-state index contributed by atoms with van der Waals surface area (Å²) in [5, 5.41) is 9.47. The first kappa shape index (κ1) is 12.9. The van der Waals surface area contributed by atoms with E-state index in [9.17, 15) is 9.90 Å². The van der Waals surface area contributed by atoms with Gasteiger partial charge in [0.1, 0.15) is 5.75 Å². The number of nitrogens with two attached hydrogens (primary N) is 1. The molecule has 0 radical (unpaired) electrons. The lowest BCUT2D eigenvalue weighted by molar-refractivity contribution is -0.156. The first-order valence-corrected chi connectivity index (χ1v) is 6.21. The van der Waals surface area contributed by atoms with Gasteiger partial charge in [-0.3, -0.25) is 4.79 Å². The molecule has 1 fully saturated rings. The highest BCUT2D eigenvalue weighted by Crippen LogP contribution is 2.51. The molecule has 4 nitrogen and oxygen atoms in total. The Morgan fingerprint density at radius 3 is 2.39 bits per heavy atom. The van der Waals surface area contributed by atoms with Crippen LogP contribution >= 0.6 is 0 Å². The molecule has 0 spiro atoms. The molecule has 1 saturated carbocycles. The van der Waals surface area contributed by atoms with Crippen molar-refractivity contribution in [2.45, 2.75) is 25.2 Å². The number of aliphatic carboxylic acids is 1. The van der Waals surface area contributed by atoms with E-state index < -0.39 is 11.4 Å². The highest BCUT2D eigenvalue weighted by Gasteiger charge is 2.50. The molecule has 3 N–H and O–H groups in total. The van der Waals surface area contributed by atoms with Crippen LogP contribution in [-0.4, -0.2) is 24.7 Å². The molecule has 0 heterocycles. The SMILES string of the molecule is COc1ccc(C(CN)C2(C(=O)O)CCC2)cc1. The van der Waals surface area contributed by atoms with Crippen molar-refractivity contribution in [3.05, 3.63) is 29.8 Å². The van der Waals surface area contributed by atoms with Gasteiger partial charge in [0.25, 0.3) is 0 Å². The van der Waals surface area contributed by atoms with Crippen LogP contribution in [0.3, 0.4) is 0 Å². The van der Waals surface area contributed by atoms with Gasteiger partial charge in [-0.25, -0.2) is 0 Å². The topological polar surface area (TPSA) is 72.5 Å². The van der Waals surface area contributed by atoms with Gasteiger partial charge in [-0.2, -0.15) is 0 Å². The molecule has 1 aromatic carbocycles. The third-order valence-corrected chi connectivity index (χ3v) is 4.09. The van der Waals surface area contributed by atoms with E-state index in [-0.39, 0.29) is 5.92 Å². The van der Waals surface area contributed by atoms with E-state index >= 15 is 0 Å². The van der Waals surface area contributed by atoms with Crippen LogP contribution in [0.1, 0.15) is 30.7 Å². The second-order valence-corrected chi connectivity index (χ2v) is 4.88. The number of carbonyl (C=O) groups is 1. The molecule has 18 heavy (non-hydrogen) atoms. The van der Waals surface area contributed by atoms with Gasteiger partial charge in [-0.15, -0.1) is 0 Å². The number of hydrogen-bond acceptors (Lipinski definition) is 3. The fourth-order valence-corrected chi connectivity index (χ4v) is 2.79. The minimum absolute atomic E-state index is 0.116. The number of methoxy groups -OCH3 is 1. The Morgan fingerprint density at radius 2 is 2.06 bits per heavy atom. The zero-order valence-corrected chi connectivity index (χ0v) is 10.6. The second kappa shape index (κ2) is 4.98. The molecule has 1 aliphatic rings. The summed E-state index contributed by atoms with van der Waals surface area (Å²) in [5.41, 5.74) is 6.14. The normalized spacial score (nSPS) is 18.8. The number of ether oxygens (including phenoxy) is 1. The average Bonchev–Trinajstić information content (AvgIpc) is 2.33. The van der Waals surface area contributed by atoms with Gasteiger partial charge in [0.2, 0.25) is 0 Å². The van der Waals surface area contributed by atoms with Gasteiger partial charge < -0.3 is 15.6 Å². The molecule has 98 valence electrons. The molecule has 0 saturated heterocycles. The lowest BCUT2D eigenvalue weighted by Gasteiger charge is -2.44. The molecule has 1 aliphatic carbocycles. The van der Waals surface area contributed by atoms with Crippen LogP contribution < -0.4 is 10.5 Å². The lowest BCUT2D eigenvalue weighted by Crippen LogP contribution is -2.45. The first-order chi connectivity index (χ1) is 8.64. The predicted molar refractivity (Wildman–Crippen MR) is 68.7 cm³/mol. The van der Waals surface area contributed by atoms with E-state index in [1.165, 1.54) is 0 Å². The summed E-state index contributed by atoms with van der Waals surface area (Å²) >= 11 is 0. The average molecular weight is 249 g/mol. The second-order valence-electron chi connectivity index (χ2n) is 4.88. The molecule has 0 aromatic heterocycles. The Morgan fingerprint density at radius 1 is 1.44 bits per heavy atom. The van der Waals surface area contributed by atoms with Crippen molar-refractivity contribution in [1.29, 1.82) is 0 Å². The Hall–Kier alpha value is -1.55. The number of carboxylic acid groups (broad SMARTS) is 1. The van der Waals surface area contributed by atoms with Crippen LogP contribution in [0.2, 0.25) is 0 Å². The Bertz CT molecular complexity index is 423. The fraction of sp³-hybridized carbons (Fsp3) is 0.500. The molecular formula is C14H19NO3. The Balaban J connectivity index is 2.29. The van der Waals surface area contributed by atoms with Crippen molar-refractivity contribution < 1.29 is 14.6 Å². The van der Waals surface area contributed by atoms with Gasteiger partial charge in [-0.1, -0.05) is 18.6 Å². The Kier molecular flexibility index (Phi) is 3.57. The molecular weight excluding hydrogens is 230 g/mol. The van der Waals surface area contributed by atoms with Gasteiger partial charge in [0.15, 0.2) is 0 Å². The van der Waals surface area contributed by atoms with Crippen LogP contribution in [0.5, 0.6) is 5.75 Å². The van der Waals surface area contributed by atoms with E-state index in [4.69, 9.17) is 10.5 Å². The monoisotopic (exact) mass is 249 g/mol. The summed E-state index contributed by atoms with van der Waals surface area (Å²) in [6, 6.07) is 7.54. The van der Waals surface area contributed by atoms with Crippen LogP contribution in [0.25, 0.3) is 0 Å². The smallest absolute Gasteiger partial charge is 0.310 e. The summed E-state index contributed by atoms with van der Waals surface area (Å²) in [5.74, 6) is -0.0674. The van der Waals surface area contributed by atoms with Crippen molar-refractivity contribution in [1.82, 2.24) is 0 Å². The minimum atomic E-state index is -0.722. The van der Waals surface area contributed by atoms with Gasteiger partial charge in [0.05, 0.1) is 12.5 Å². The minimum Gasteiger partial charge on any atom is -0.497 e. The first-order valence-electron chi connectivity index (χ1n) is 6.21. The standard InChI is InChI=1S/C14H19NO3/c1-18-11-5-3-10(4-6-11)12(9-15)14(13(16)17)7-2-8-14/h3-6,12H,2,7-9,15H2,1H3,(H,16,17). The zero-order chi connectivity index (χ0) is 13.2.